The van der Waals surface area contributed by atoms with Crippen LogP contribution in [0.5, 0.6) is 0 Å². The average Bonchev–Trinajstić information content (AvgIpc) is 2.61. The van der Waals surface area contributed by atoms with Gasteiger partial charge in [0, 0.05) is 0 Å². The second-order valence-electron chi connectivity index (χ2n) is 6.05. The Morgan fingerprint density at radius 3 is 2.52 bits per heavy atom. The zero-order chi connectivity index (χ0) is 19.3. The molecule has 2 aliphatic rings. The number of hydrogen-bond donors (Lipinski definition) is 1. The van der Waals surface area contributed by atoms with E-state index in [1.165, 1.54) is 6.07 Å². The van der Waals surface area contributed by atoms with E-state index in [4.69, 9.17) is 4.42 Å². The molecule has 0 spiro atoms. The van der Waals surface area contributed by atoms with E-state index in [1.54, 1.807) is 24.3 Å². The first-order valence-corrected chi connectivity index (χ1v) is 12.2. The Morgan fingerprint density at radius 2 is 1.78 bits per heavy atom. The van der Waals surface area contributed by atoms with Crippen LogP contribution in [0.1, 0.15) is 10.4 Å². The molecule has 0 aromatic heterocycles. The Labute approximate surface area is 186 Å². The van der Waals surface area contributed by atoms with Crippen LogP contribution in [-0.4, -0.2) is 11.1 Å². The Morgan fingerprint density at radius 1 is 1.04 bits per heavy atom. The van der Waals surface area contributed by atoms with Gasteiger partial charge in [0.05, 0.1) is 0 Å². The van der Waals surface area contributed by atoms with E-state index >= 15 is 0 Å². The molecule has 0 atom stereocenters. The third-order valence-corrected chi connectivity index (χ3v) is 7.46. The number of halogens is 2. The summed E-state index contributed by atoms with van der Waals surface area (Å²) in [6.45, 7) is 0. The van der Waals surface area contributed by atoms with Crippen LogP contribution in [0.15, 0.2) is 66.7 Å². The van der Waals surface area contributed by atoms with Crippen molar-refractivity contribution in [3.8, 4) is 22.5 Å². The Bertz CT molecular complexity index is 1260. The average molecular weight is 674 g/mol. The molecule has 0 bridgehead atoms. The van der Waals surface area contributed by atoms with E-state index in [9.17, 15) is 14.7 Å². The summed E-state index contributed by atoms with van der Waals surface area (Å²) < 4.78 is 8.48. The van der Waals surface area contributed by atoms with Crippen molar-refractivity contribution in [3.05, 3.63) is 73.3 Å². The van der Waals surface area contributed by atoms with Crippen LogP contribution >= 0.6 is 31.9 Å². The van der Waals surface area contributed by atoms with Gasteiger partial charge in [-0.2, -0.15) is 0 Å². The van der Waals surface area contributed by atoms with E-state index in [-0.39, 0.29) is 37.1 Å². The van der Waals surface area contributed by atoms with Crippen molar-refractivity contribution in [2.75, 3.05) is 0 Å². The zero-order valence-corrected chi connectivity index (χ0v) is 22.4. The van der Waals surface area contributed by atoms with Crippen LogP contribution in [0.25, 0.3) is 33.4 Å². The molecule has 0 radical (unpaired) electrons. The van der Waals surface area contributed by atoms with Gasteiger partial charge in [-0.1, -0.05) is 0 Å². The zero-order valence-electron chi connectivity index (χ0n) is 13.8. The number of carboxylic acid groups (broad SMARTS) is 1. The molecule has 4 rings (SSSR count). The van der Waals surface area contributed by atoms with E-state index in [0.29, 0.717) is 26.9 Å². The van der Waals surface area contributed by atoms with Crippen molar-refractivity contribution >= 4 is 51.9 Å². The second-order valence-corrected chi connectivity index (χ2v) is 10.8. The monoisotopic (exact) mass is 673 g/mol. The van der Waals surface area contributed by atoms with Crippen LogP contribution in [0.4, 0.5) is 0 Å². The van der Waals surface area contributed by atoms with Crippen molar-refractivity contribution in [2.24, 2.45) is 0 Å². The Kier molecular flexibility index (Phi) is 4.99. The molecular formula is C20H9Br2HgO4. The van der Waals surface area contributed by atoms with Crippen LogP contribution in [0.3, 0.4) is 0 Å². The molecule has 1 heterocycles. The van der Waals surface area contributed by atoms with Gasteiger partial charge in [0.15, 0.2) is 0 Å². The molecule has 2 aromatic carbocycles. The van der Waals surface area contributed by atoms with Gasteiger partial charge in [-0.05, 0) is 0 Å². The summed E-state index contributed by atoms with van der Waals surface area (Å²) in [5, 5.41) is 10.5. The fourth-order valence-corrected chi connectivity index (χ4v) is 7.09. The molecule has 0 saturated carbocycles. The fraction of sp³-hybridized carbons (Fsp3) is 0. The van der Waals surface area contributed by atoms with Gasteiger partial charge in [-0.15, -0.1) is 0 Å². The van der Waals surface area contributed by atoms with Crippen molar-refractivity contribution in [1.82, 2.24) is 0 Å². The fourth-order valence-electron chi connectivity index (χ4n) is 3.20. The molecule has 0 amide bonds. The van der Waals surface area contributed by atoms with Crippen LogP contribution in [-0.2, 0) is 26.1 Å². The summed E-state index contributed by atoms with van der Waals surface area (Å²) in [4.78, 5) is 24.0. The Balaban J connectivity index is 2.29. The number of rotatable bonds is 2. The topological polar surface area (TPSA) is 67.5 Å². The van der Waals surface area contributed by atoms with Gasteiger partial charge in [0.2, 0.25) is 0 Å². The standard InChI is InChI=1S/C20H9Br2O4.Hg/c21-10-5-6-17-13(7-10)19(11-3-1-2-4-12(11)20(24)25)14-8-15(22)16(23)9-18(14)26-17;/h1-5,7-9H,(H,24,25);. The van der Waals surface area contributed by atoms with Crippen molar-refractivity contribution in [1.29, 1.82) is 0 Å². The maximum atomic E-state index is 12.1. The molecule has 4 nitrogen and oxygen atoms in total. The maximum absolute atomic E-state index is 12.1. The van der Waals surface area contributed by atoms with Gasteiger partial charge < -0.3 is 0 Å². The molecule has 2 aromatic rings. The quantitative estimate of drug-likeness (QED) is 0.242. The van der Waals surface area contributed by atoms with Crippen LogP contribution in [0, 0.1) is 0 Å². The van der Waals surface area contributed by atoms with Crippen molar-refractivity contribution < 1.29 is 40.4 Å². The van der Waals surface area contributed by atoms with Crippen LogP contribution in [0.2, 0.25) is 0 Å². The first-order valence-electron chi connectivity index (χ1n) is 7.91. The molecule has 129 valence electrons. The first kappa shape index (κ1) is 18.8. The summed E-state index contributed by atoms with van der Waals surface area (Å²) in [5.74, 6) is -0.558. The van der Waals surface area contributed by atoms with E-state index < -0.39 is 5.97 Å². The van der Waals surface area contributed by atoms with Gasteiger partial charge in [0.25, 0.3) is 0 Å². The summed E-state index contributed by atoms with van der Waals surface area (Å²) >= 11 is 7.10. The molecular weight excluding hydrogens is 665 g/mol. The predicted molar refractivity (Wildman–Crippen MR) is 107 cm³/mol. The molecule has 1 aliphatic carbocycles. The second kappa shape index (κ2) is 7.15. The third kappa shape index (κ3) is 3.28. The number of benzene rings is 3. The van der Waals surface area contributed by atoms with Crippen LogP contribution < -0.4 is 8.50 Å². The third-order valence-electron chi connectivity index (χ3n) is 4.34. The first-order chi connectivity index (χ1) is 12.9. The molecule has 0 unspecified atom stereocenters. The summed E-state index contributed by atoms with van der Waals surface area (Å²) in [5.41, 5.74) is 2.75. The SMILES string of the molecule is O=C(O)c1ccccc1-c1c2cc(Br)c(=O)cc-2oc2[c]([Hg])cc(Br)cc12. The number of fused-ring (bicyclic) bond motifs is 2. The molecule has 0 fully saturated rings. The molecule has 0 saturated heterocycles. The summed E-state index contributed by atoms with van der Waals surface area (Å²) in [6, 6.07) is 14.0. The van der Waals surface area contributed by atoms with Crippen molar-refractivity contribution in [2.45, 2.75) is 0 Å². The van der Waals surface area contributed by atoms with Gasteiger partial charge in [-0.25, -0.2) is 0 Å². The predicted octanol–water partition coefficient (Wildman–Crippen LogP) is 4.96. The Hall–Kier alpha value is -1.50. The van der Waals surface area contributed by atoms with Crippen molar-refractivity contribution in [3.63, 3.8) is 0 Å². The number of aromatic carboxylic acids is 1. The van der Waals surface area contributed by atoms with E-state index in [1.807, 2.05) is 18.2 Å². The molecule has 7 heteroatoms. The molecule has 1 N–H and O–H groups in total. The summed E-state index contributed by atoms with van der Waals surface area (Å²) in [6.07, 6.45) is 0. The number of hydrogen-bond acceptors (Lipinski definition) is 3. The number of carbonyl (C=O) groups is 1. The minimum absolute atomic E-state index is 0.181. The normalized spacial score (nSPS) is 11.3. The number of carboxylic acids is 1. The summed E-state index contributed by atoms with van der Waals surface area (Å²) in [7, 11) is 0. The molecule has 27 heavy (non-hydrogen) atoms. The van der Waals surface area contributed by atoms with Gasteiger partial charge in [0.1, 0.15) is 0 Å². The van der Waals surface area contributed by atoms with E-state index in [2.05, 4.69) is 31.9 Å². The van der Waals surface area contributed by atoms with Gasteiger partial charge >= 0.3 is 188 Å². The molecule has 1 aliphatic heterocycles. The van der Waals surface area contributed by atoms with Gasteiger partial charge in [-0.3, -0.25) is 0 Å². The minimum atomic E-state index is -1.00. The van der Waals surface area contributed by atoms with E-state index in [0.717, 1.165) is 18.5 Å².